The van der Waals surface area contributed by atoms with Crippen molar-refractivity contribution >= 4 is 15.9 Å². The molecule has 1 N–H and O–H groups in total. The zero-order valence-corrected chi connectivity index (χ0v) is 15.8. The average Bonchev–Trinajstić information content (AvgIpc) is 2.45. The van der Waals surface area contributed by atoms with Gasteiger partial charge in [0.25, 0.3) is 0 Å². The fourth-order valence-electron chi connectivity index (χ4n) is 2.39. The summed E-state index contributed by atoms with van der Waals surface area (Å²) in [5.74, 6) is 0.696. The molecule has 0 heterocycles. The Morgan fingerprint density at radius 3 is 2.43 bits per heavy atom. The molecule has 0 saturated carbocycles. The van der Waals surface area contributed by atoms with Gasteiger partial charge in [0, 0.05) is 23.6 Å². The van der Waals surface area contributed by atoms with Gasteiger partial charge in [0.2, 0.25) is 0 Å². The van der Waals surface area contributed by atoms with Gasteiger partial charge in [0.05, 0.1) is 0 Å². The van der Waals surface area contributed by atoms with E-state index in [1.54, 1.807) is 0 Å². The number of benzene rings is 1. The van der Waals surface area contributed by atoms with Crippen LogP contribution in [0.2, 0.25) is 0 Å². The number of halogens is 1. The van der Waals surface area contributed by atoms with Crippen molar-refractivity contribution in [2.24, 2.45) is 5.92 Å². The number of rotatable bonds is 9. The highest BCUT2D eigenvalue weighted by molar-refractivity contribution is 9.10. The Hall–Kier alpha value is -0.380. The van der Waals surface area contributed by atoms with Crippen LogP contribution < -0.4 is 5.32 Å². The zero-order chi connectivity index (χ0) is 15.8. The lowest BCUT2D eigenvalue weighted by molar-refractivity contribution is 0.205. The second kappa shape index (κ2) is 9.60. The first-order valence-electron chi connectivity index (χ1n) is 8.19. The second-order valence-electron chi connectivity index (χ2n) is 6.27. The van der Waals surface area contributed by atoms with Gasteiger partial charge in [-0.3, -0.25) is 4.90 Å². The van der Waals surface area contributed by atoms with Gasteiger partial charge in [-0.25, -0.2) is 0 Å². The Balaban J connectivity index is 2.65. The Labute approximate surface area is 139 Å². The van der Waals surface area contributed by atoms with E-state index in [0.717, 1.165) is 26.2 Å². The summed E-state index contributed by atoms with van der Waals surface area (Å²) in [5.41, 5.74) is 2.72. The molecule has 0 bridgehead atoms. The number of hydrogen-bond donors (Lipinski definition) is 1. The first-order valence-corrected chi connectivity index (χ1v) is 8.99. The smallest absolute Gasteiger partial charge is 0.0247 e. The molecular weight excluding hydrogens is 324 g/mol. The molecule has 120 valence electrons. The molecule has 0 aromatic heterocycles. The Kier molecular flexibility index (Phi) is 8.53. The quantitative estimate of drug-likeness (QED) is 0.684. The molecule has 3 heteroatoms. The summed E-state index contributed by atoms with van der Waals surface area (Å²) in [6, 6.07) is 7.40. The summed E-state index contributed by atoms with van der Waals surface area (Å²) in [6.45, 7) is 15.4. The van der Waals surface area contributed by atoms with Crippen molar-refractivity contribution in [1.29, 1.82) is 0 Å². The van der Waals surface area contributed by atoms with Crippen molar-refractivity contribution in [1.82, 2.24) is 10.2 Å². The van der Waals surface area contributed by atoms with Gasteiger partial charge in [-0.2, -0.15) is 0 Å². The van der Waals surface area contributed by atoms with Gasteiger partial charge in [-0.05, 0) is 49.5 Å². The molecule has 0 spiro atoms. The third kappa shape index (κ3) is 6.50. The van der Waals surface area contributed by atoms with Crippen molar-refractivity contribution in [2.75, 3.05) is 13.1 Å². The molecule has 0 aliphatic rings. The standard InChI is InChI=1S/C18H31BrN2/c1-6-15(5)21(7-2)13-17-9-8-16(10-18(17)19)12-20-11-14(3)4/h8-10,14-15,20H,6-7,11-13H2,1-5H3. The summed E-state index contributed by atoms with van der Waals surface area (Å²) < 4.78 is 1.23. The lowest BCUT2D eigenvalue weighted by atomic mass is 10.1. The van der Waals surface area contributed by atoms with Gasteiger partial charge >= 0.3 is 0 Å². The molecule has 0 aliphatic heterocycles. The maximum atomic E-state index is 3.74. The fourth-order valence-corrected chi connectivity index (χ4v) is 2.94. The highest BCUT2D eigenvalue weighted by atomic mass is 79.9. The van der Waals surface area contributed by atoms with Crippen molar-refractivity contribution in [3.8, 4) is 0 Å². The van der Waals surface area contributed by atoms with E-state index in [1.807, 2.05) is 0 Å². The molecule has 1 rings (SSSR count). The van der Waals surface area contributed by atoms with Crippen LogP contribution >= 0.6 is 15.9 Å². The van der Waals surface area contributed by atoms with Crippen LogP contribution in [0.5, 0.6) is 0 Å². The average molecular weight is 355 g/mol. The second-order valence-corrected chi connectivity index (χ2v) is 7.13. The van der Waals surface area contributed by atoms with Gasteiger partial charge in [0.15, 0.2) is 0 Å². The molecule has 0 fully saturated rings. The van der Waals surface area contributed by atoms with Crippen molar-refractivity contribution in [3.63, 3.8) is 0 Å². The molecule has 1 atom stereocenters. The molecule has 21 heavy (non-hydrogen) atoms. The van der Waals surface area contributed by atoms with Crippen molar-refractivity contribution in [3.05, 3.63) is 33.8 Å². The normalized spacial score (nSPS) is 13.1. The molecule has 0 saturated heterocycles. The minimum absolute atomic E-state index is 0.634. The Bertz CT molecular complexity index is 418. The Morgan fingerprint density at radius 2 is 1.90 bits per heavy atom. The summed E-state index contributed by atoms with van der Waals surface area (Å²) in [6.07, 6.45) is 1.20. The maximum Gasteiger partial charge on any atom is 0.0247 e. The first kappa shape index (κ1) is 18.7. The van der Waals surface area contributed by atoms with Crippen LogP contribution in [0.3, 0.4) is 0 Å². The third-order valence-electron chi connectivity index (χ3n) is 3.99. The van der Waals surface area contributed by atoms with Crippen LogP contribution in [-0.4, -0.2) is 24.0 Å². The van der Waals surface area contributed by atoms with Gasteiger partial charge < -0.3 is 5.32 Å². The molecule has 1 aromatic carbocycles. The summed E-state index contributed by atoms with van der Waals surface area (Å²) >= 11 is 3.74. The van der Waals surface area contributed by atoms with E-state index in [2.05, 4.69) is 79.0 Å². The van der Waals surface area contributed by atoms with Crippen LogP contribution in [-0.2, 0) is 13.1 Å². The van der Waals surface area contributed by atoms with E-state index in [9.17, 15) is 0 Å². The van der Waals surface area contributed by atoms with E-state index < -0.39 is 0 Å². The highest BCUT2D eigenvalue weighted by Crippen LogP contribution is 2.21. The first-order chi connectivity index (χ1) is 9.97. The number of nitrogens with zero attached hydrogens (tertiary/aromatic N) is 1. The van der Waals surface area contributed by atoms with E-state index in [4.69, 9.17) is 0 Å². The molecule has 1 aromatic rings. The number of nitrogens with one attached hydrogen (secondary N) is 1. The minimum atomic E-state index is 0.634. The van der Waals surface area contributed by atoms with Crippen LogP contribution in [0.1, 0.15) is 52.2 Å². The zero-order valence-electron chi connectivity index (χ0n) is 14.2. The monoisotopic (exact) mass is 354 g/mol. The summed E-state index contributed by atoms with van der Waals surface area (Å²) in [5, 5.41) is 3.50. The predicted octanol–water partition coefficient (Wildman–Crippen LogP) is 4.82. The predicted molar refractivity (Wildman–Crippen MR) is 96.5 cm³/mol. The number of hydrogen-bond acceptors (Lipinski definition) is 2. The molecule has 1 unspecified atom stereocenters. The van der Waals surface area contributed by atoms with Crippen LogP contribution in [0, 0.1) is 5.92 Å². The van der Waals surface area contributed by atoms with Crippen molar-refractivity contribution < 1.29 is 0 Å². The molecule has 0 amide bonds. The van der Waals surface area contributed by atoms with Gasteiger partial charge in [0.1, 0.15) is 0 Å². The fraction of sp³-hybridized carbons (Fsp3) is 0.667. The van der Waals surface area contributed by atoms with E-state index in [-0.39, 0.29) is 0 Å². The Morgan fingerprint density at radius 1 is 1.19 bits per heavy atom. The van der Waals surface area contributed by atoms with Crippen LogP contribution in [0.25, 0.3) is 0 Å². The minimum Gasteiger partial charge on any atom is -0.312 e. The van der Waals surface area contributed by atoms with Gasteiger partial charge in [-0.15, -0.1) is 0 Å². The topological polar surface area (TPSA) is 15.3 Å². The van der Waals surface area contributed by atoms with Crippen LogP contribution in [0.4, 0.5) is 0 Å². The molecule has 0 aliphatic carbocycles. The summed E-state index contributed by atoms with van der Waals surface area (Å²) in [7, 11) is 0. The SMILES string of the molecule is CCC(C)N(CC)Cc1ccc(CNCC(C)C)cc1Br. The maximum absolute atomic E-state index is 3.74. The van der Waals surface area contributed by atoms with E-state index >= 15 is 0 Å². The van der Waals surface area contributed by atoms with Crippen LogP contribution in [0.15, 0.2) is 22.7 Å². The van der Waals surface area contributed by atoms with Crippen molar-refractivity contribution in [2.45, 2.75) is 60.2 Å². The largest absolute Gasteiger partial charge is 0.312 e. The van der Waals surface area contributed by atoms with E-state index in [1.165, 1.54) is 22.0 Å². The van der Waals surface area contributed by atoms with Gasteiger partial charge in [-0.1, -0.05) is 55.8 Å². The molecular formula is C18H31BrN2. The van der Waals surface area contributed by atoms with E-state index in [0.29, 0.717) is 12.0 Å². The summed E-state index contributed by atoms with van der Waals surface area (Å²) in [4.78, 5) is 2.52. The lowest BCUT2D eigenvalue weighted by Gasteiger charge is -2.27. The third-order valence-corrected chi connectivity index (χ3v) is 4.73. The lowest BCUT2D eigenvalue weighted by Crippen LogP contribution is -2.31. The molecule has 2 nitrogen and oxygen atoms in total. The highest BCUT2D eigenvalue weighted by Gasteiger charge is 2.12. The molecule has 0 radical (unpaired) electrons.